The minimum atomic E-state index is -3.79. The van der Waals surface area contributed by atoms with Crippen LogP contribution in [-0.2, 0) is 14.8 Å². The van der Waals surface area contributed by atoms with Crippen molar-refractivity contribution < 1.29 is 17.9 Å². The molecule has 0 aliphatic rings. The van der Waals surface area contributed by atoms with Crippen LogP contribution in [0.5, 0.6) is 0 Å². The number of esters is 1. The molecule has 0 heterocycles. The van der Waals surface area contributed by atoms with Gasteiger partial charge in [-0.2, -0.15) is 0 Å². The van der Waals surface area contributed by atoms with Gasteiger partial charge in [0.1, 0.15) is 0 Å². The van der Waals surface area contributed by atoms with Crippen LogP contribution in [0.25, 0.3) is 0 Å². The molecule has 0 aliphatic carbocycles. The number of nitrogens with one attached hydrogen (secondary N) is 1. The van der Waals surface area contributed by atoms with Crippen molar-refractivity contribution in [3.05, 3.63) is 99.6 Å². The molecule has 0 saturated heterocycles. The molecule has 32 heavy (non-hydrogen) atoms. The molecule has 1 N–H and O–H groups in total. The summed E-state index contributed by atoms with van der Waals surface area (Å²) >= 11 is 5.88. The average Bonchev–Trinajstić information content (AvgIpc) is 2.73. The molecular weight excluding hydrogens is 446 g/mol. The monoisotopic (exact) mass is 471 g/mol. The molecule has 0 aliphatic heterocycles. The Kier molecular flexibility index (Phi) is 7.72. The number of hydrogen-bond donors (Lipinski definition) is 1. The summed E-state index contributed by atoms with van der Waals surface area (Å²) < 4.78 is 34.1. The van der Waals surface area contributed by atoms with E-state index >= 15 is 0 Å². The summed E-state index contributed by atoms with van der Waals surface area (Å²) in [6.07, 6.45) is 0.284. The van der Waals surface area contributed by atoms with Crippen LogP contribution < -0.4 is 4.72 Å². The third-order valence-corrected chi connectivity index (χ3v) is 6.88. The number of aryl methyl sites for hydroxylation is 3. The summed E-state index contributed by atoms with van der Waals surface area (Å²) in [7, 11) is -3.79. The SMILES string of the molecule is Cc1cc(C)c(C(=O)OCC[C@H](NS(=O)(=O)c2ccc(Cl)cc2)c2ccccc2)c(C)c1. The van der Waals surface area contributed by atoms with E-state index in [1.165, 1.54) is 24.3 Å². The van der Waals surface area contributed by atoms with E-state index in [1.54, 1.807) is 0 Å². The highest BCUT2D eigenvalue weighted by Crippen LogP contribution is 2.23. The van der Waals surface area contributed by atoms with Gasteiger partial charge in [0.25, 0.3) is 0 Å². The number of benzene rings is 3. The Morgan fingerprint density at radius 2 is 1.56 bits per heavy atom. The van der Waals surface area contributed by atoms with Gasteiger partial charge in [-0.25, -0.2) is 17.9 Å². The van der Waals surface area contributed by atoms with Crippen molar-refractivity contribution >= 4 is 27.6 Å². The molecule has 0 unspecified atom stereocenters. The second-order valence-electron chi connectivity index (χ2n) is 7.74. The van der Waals surface area contributed by atoms with E-state index in [9.17, 15) is 13.2 Å². The summed E-state index contributed by atoms with van der Waals surface area (Å²) in [5.74, 6) is -0.410. The lowest BCUT2D eigenvalue weighted by Crippen LogP contribution is -2.30. The number of carbonyl (C=O) groups excluding carboxylic acids is 1. The lowest BCUT2D eigenvalue weighted by Gasteiger charge is -2.20. The van der Waals surface area contributed by atoms with E-state index in [0.717, 1.165) is 22.3 Å². The van der Waals surface area contributed by atoms with Crippen molar-refractivity contribution in [1.29, 1.82) is 0 Å². The standard InChI is InChI=1S/C25H26ClNO4S/c1-17-15-18(2)24(19(3)16-17)25(28)31-14-13-23(20-7-5-4-6-8-20)27-32(29,30)22-11-9-21(26)10-12-22/h4-12,15-16,23,27H,13-14H2,1-3H3/t23-/m0/s1. The molecule has 1 atom stereocenters. The quantitative estimate of drug-likeness (QED) is 0.438. The highest BCUT2D eigenvalue weighted by molar-refractivity contribution is 7.89. The van der Waals surface area contributed by atoms with Crippen LogP contribution in [0.1, 0.15) is 45.1 Å². The molecule has 7 heteroatoms. The van der Waals surface area contributed by atoms with Crippen molar-refractivity contribution in [2.75, 3.05) is 6.61 Å². The summed E-state index contributed by atoms with van der Waals surface area (Å²) in [6.45, 7) is 5.80. The Morgan fingerprint density at radius 1 is 0.969 bits per heavy atom. The van der Waals surface area contributed by atoms with Crippen LogP contribution in [0.15, 0.2) is 71.6 Å². The fourth-order valence-corrected chi connectivity index (χ4v) is 5.08. The fraction of sp³-hybridized carbons (Fsp3) is 0.240. The van der Waals surface area contributed by atoms with Crippen molar-refractivity contribution in [3.8, 4) is 0 Å². The highest BCUT2D eigenvalue weighted by Gasteiger charge is 2.22. The number of hydrogen-bond acceptors (Lipinski definition) is 4. The topological polar surface area (TPSA) is 72.5 Å². The molecule has 0 amide bonds. The summed E-state index contributed by atoms with van der Waals surface area (Å²) in [6, 6.07) is 18.5. The molecule has 168 valence electrons. The molecule has 3 aromatic rings. The largest absolute Gasteiger partial charge is 0.462 e. The Balaban J connectivity index is 1.75. The summed E-state index contributed by atoms with van der Waals surface area (Å²) in [5, 5.41) is 0.456. The van der Waals surface area contributed by atoms with Crippen LogP contribution in [0, 0.1) is 20.8 Å². The Morgan fingerprint density at radius 3 is 2.16 bits per heavy atom. The molecule has 0 radical (unpaired) electrons. The minimum Gasteiger partial charge on any atom is -0.462 e. The Labute approximate surface area is 194 Å². The normalized spacial score (nSPS) is 12.4. The summed E-state index contributed by atoms with van der Waals surface area (Å²) in [5.41, 5.74) is 4.13. The maximum absolute atomic E-state index is 12.9. The molecule has 3 rings (SSSR count). The molecule has 3 aromatic carbocycles. The smallest absolute Gasteiger partial charge is 0.338 e. The molecule has 5 nitrogen and oxygen atoms in total. The molecule has 0 bridgehead atoms. The molecule has 0 saturated carbocycles. The first-order valence-electron chi connectivity index (χ1n) is 10.2. The lowest BCUT2D eigenvalue weighted by atomic mass is 10.00. The van der Waals surface area contributed by atoms with Gasteiger partial charge in [-0.1, -0.05) is 59.6 Å². The van der Waals surface area contributed by atoms with Gasteiger partial charge in [0.05, 0.1) is 23.1 Å². The van der Waals surface area contributed by atoms with Crippen LogP contribution in [0.3, 0.4) is 0 Å². The number of carbonyl (C=O) groups is 1. The first-order chi connectivity index (χ1) is 15.2. The molecule has 0 spiro atoms. The Bertz CT molecular complexity index is 1170. The zero-order chi connectivity index (χ0) is 23.3. The maximum Gasteiger partial charge on any atom is 0.338 e. The lowest BCUT2D eigenvalue weighted by molar-refractivity contribution is 0.0490. The average molecular weight is 472 g/mol. The van der Waals surface area contributed by atoms with E-state index in [-0.39, 0.29) is 17.9 Å². The van der Waals surface area contributed by atoms with Crippen molar-refractivity contribution in [1.82, 2.24) is 4.72 Å². The van der Waals surface area contributed by atoms with Gasteiger partial charge in [-0.05, 0) is 61.7 Å². The zero-order valence-corrected chi connectivity index (χ0v) is 19.8. The van der Waals surface area contributed by atoms with Crippen LogP contribution >= 0.6 is 11.6 Å². The first kappa shape index (κ1) is 24.0. The van der Waals surface area contributed by atoms with Gasteiger partial charge in [-0.15, -0.1) is 0 Å². The minimum absolute atomic E-state index is 0.0638. The van der Waals surface area contributed by atoms with Gasteiger partial charge in [0, 0.05) is 11.4 Å². The third-order valence-electron chi connectivity index (χ3n) is 5.14. The van der Waals surface area contributed by atoms with Crippen molar-refractivity contribution in [2.45, 2.75) is 38.1 Å². The van der Waals surface area contributed by atoms with E-state index in [4.69, 9.17) is 16.3 Å². The van der Waals surface area contributed by atoms with Gasteiger partial charge in [0.15, 0.2) is 0 Å². The molecule has 0 fully saturated rings. The number of halogens is 1. The van der Waals surface area contributed by atoms with E-state index in [2.05, 4.69) is 4.72 Å². The van der Waals surface area contributed by atoms with Crippen LogP contribution in [0.4, 0.5) is 0 Å². The number of sulfonamides is 1. The van der Waals surface area contributed by atoms with Gasteiger partial charge in [-0.3, -0.25) is 0 Å². The van der Waals surface area contributed by atoms with Crippen LogP contribution in [0.2, 0.25) is 5.02 Å². The van der Waals surface area contributed by atoms with Crippen molar-refractivity contribution in [2.24, 2.45) is 0 Å². The zero-order valence-electron chi connectivity index (χ0n) is 18.3. The van der Waals surface area contributed by atoms with Gasteiger partial charge in [0.2, 0.25) is 10.0 Å². The molecular formula is C25H26ClNO4S. The second-order valence-corrected chi connectivity index (χ2v) is 9.89. The van der Waals surface area contributed by atoms with E-state index in [1.807, 2.05) is 63.2 Å². The van der Waals surface area contributed by atoms with E-state index < -0.39 is 22.0 Å². The fourth-order valence-electron chi connectivity index (χ4n) is 3.69. The van der Waals surface area contributed by atoms with E-state index in [0.29, 0.717) is 10.6 Å². The number of rotatable bonds is 8. The predicted octanol–water partition coefficient (Wildman–Crippen LogP) is 5.53. The first-order valence-corrected chi connectivity index (χ1v) is 12.1. The predicted molar refractivity (Wildman–Crippen MR) is 127 cm³/mol. The second kappa shape index (κ2) is 10.3. The molecule has 0 aromatic heterocycles. The van der Waals surface area contributed by atoms with Gasteiger partial charge >= 0.3 is 5.97 Å². The summed E-state index contributed by atoms with van der Waals surface area (Å²) in [4.78, 5) is 12.8. The van der Waals surface area contributed by atoms with Crippen LogP contribution in [-0.4, -0.2) is 21.0 Å². The maximum atomic E-state index is 12.9. The number of ether oxygens (including phenoxy) is 1. The Hall–Kier alpha value is -2.67. The highest BCUT2D eigenvalue weighted by atomic mass is 35.5. The van der Waals surface area contributed by atoms with Gasteiger partial charge < -0.3 is 4.74 Å². The van der Waals surface area contributed by atoms with Crippen molar-refractivity contribution in [3.63, 3.8) is 0 Å². The third kappa shape index (κ3) is 5.97.